The fourth-order valence-electron chi connectivity index (χ4n) is 2.54. The molecule has 10 heteroatoms. The van der Waals surface area contributed by atoms with Gasteiger partial charge < -0.3 is 15.7 Å². The van der Waals surface area contributed by atoms with Crippen LogP contribution in [0.2, 0.25) is 0 Å². The number of aromatic nitrogens is 1. The number of halogens is 2. The Morgan fingerprint density at radius 1 is 1.21 bits per heavy atom. The number of rotatable bonds is 8. The minimum Gasteiger partial charge on any atom is -0.477 e. The van der Waals surface area contributed by atoms with Gasteiger partial charge in [0.05, 0.1) is 12.1 Å². The summed E-state index contributed by atoms with van der Waals surface area (Å²) in [5.74, 6) is -3.85. The van der Waals surface area contributed by atoms with E-state index in [9.17, 15) is 23.2 Å². The van der Waals surface area contributed by atoms with E-state index in [4.69, 9.17) is 5.11 Å². The highest BCUT2D eigenvalue weighted by atomic mass is 32.1. The molecule has 1 atom stereocenters. The average molecular weight is 411 g/mol. The topological polar surface area (TPSA) is 108 Å². The lowest BCUT2D eigenvalue weighted by atomic mass is 10.1. The quantitative estimate of drug-likeness (QED) is 0.619. The zero-order valence-electron chi connectivity index (χ0n) is 15.2. The molecule has 1 heterocycles. The van der Waals surface area contributed by atoms with E-state index in [1.807, 2.05) is 6.92 Å². The Labute approximate surface area is 163 Å². The van der Waals surface area contributed by atoms with Crippen molar-refractivity contribution in [3.05, 3.63) is 46.0 Å². The zero-order valence-corrected chi connectivity index (χ0v) is 16.0. The Kier molecular flexibility index (Phi) is 7.16. The number of aromatic carboxylic acids is 1. The van der Waals surface area contributed by atoms with Gasteiger partial charge in [0.15, 0.2) is 5.13 Å². The molecular formula is C18H19F2N3O4S. The molecule has 0 radical (unpaired) electrons. The van der Waals surface area contributed by atoms with Crippen molar-refractivity contribution in [2.75, 3.05) is 5.32 Å². The molecule has 3 N–H and O–H groups in total. The van der Waals surface area contributed by atoms with E-state index in [-0.39, 0.29) is 27.7 Å². The predicted octanol–water partition coefficient (Wildman–Crippen LogP) is 2.89. The molecule has 150 valence electrons. The van der Waals surface area contributed by atoms with Gasteiger partial charge in [0.1, 0.15) is 22.6 Å². The average Bonchev–Trinajstić information content (AvgIpc) is 2.94. The van der Waals surface area contributed by atoms with Crippen molar-refractivity contribution in [2.45, 2.75) is 39.2 Å². The van der Waals surface area contributed by atoms with E-state index in [1.165, 1.54) is 6.92 Å². The number of carboxylic acids is 1. The molecule has 0 saturated heterocycles. The molecule has 0 aliphatic carbocycles. The molecule has 0 aliphatic heterocycles. The van der Waals surface area contributed by atoms with Crippen molar-refractivity contribution in [1.29, 1.82) is 0 Å². The third-order valence-corrected chi connectivity index (χ3v) is 4.80. The maximum atomic E-state index is 13.2. The van der Waals surface area contributed by atoms with Gasteiger partial charge >= 0.3 is 5.97 Å². The maximum Gasteiger partial charge on any atom is 0.347 e. The Bertz CT molecular complexity index is 881. The Hall–Kier alpha value is -2.88. The van der Waals surface area contributed by atoms with Gasteiger partial charge in [-0.3, -0.25) is 9.59 Å². The predicted molar refractivity (Wildman–Crippen MR) is 99.3 cm³/mol. The molecule has 2 amide bonds. The number of carboxylic acid groups (broad SMARTS) is 1. The van der Waals surface area contributed by atoms with E-state index in [1.54, 1.807) is 0 Å². The van der Waals surface area contributed by atoms with Gasteiger partial charge in [0.2, 0.25) is 11.8 Å². The smallest absolute Gasteiger partial charge is 0.347 e. The molecule has 28 heavy (non-hydrogen) atoms. The van der Waals surface area contributed by atoms with Crippen LogP contribution in [0.15, 0.2) is 18.2 Å². The third-order valence-electron chi connectivity index (χ3n) is 3.74. The van der Waals surface area contributed by atoms with Gasteiger partial charge in [0, 0.05) is 6.07 Å². The monoisotopic (exact) mass is 411 g/mol. The number of anilines is 1. The lowest BCUT2D eigenvalue weighted by Gasteiger charge is -2.17. The molecule has 1 unspecified atom stereocenters. The minimum atomic E-state index is -1.14. The molecule has 2 rings (SSSR count). The number of benzene rings is 1. The summed E-state index contributed by atoms with van der Waals surface area (Å²) < 4.78 is 26.5. The normalized spacial score (nSPS) is 11.7. The Balaban J connectivity index is 2.04. The summed E-state index contributed by atoms with van der Waals surface area (Å²) in [5.41, 5.74) is 0.421. The van der Waals surface area contributed by atoms with Gasteiger partial charge in [-0.25, -0.2) is 18.6 Å². The van der Waals surface area contributed by atoms with Gasteiger partial charge in [-0.1, -0.05) is 24.7 Å². The molecule has 1 aromatic heterocycles. The zero-order chi connectivity index (χ0) is 20.8. The highest BCUT2D eigenvalue weighted by Crippen LogP contribution is 2.22. The van der Waals surface area contributed by atoms with Crippen LogP contribution in [-0.4, -0.2) is 33.9 Å². The van der Waals surface area contributed by atoms with Crippen molar-refractivity contribution in [3.63, 3.8) is 0 Å². The van der Waals surface area contributed by atoms with Gasteiger partial charge in [0.25, 0.3) is 0 Å². The summed E-state index contributed by atoms with van der Waals surface area (Å²) in [6.45, 7) is 3.34. The molecule has 2 aromatic rings. The molecule has 1 aromatic carbocycles. The molecule has 0 fully saturated rings. The maximum absolute atomic E-state index is 13.2. The summed E-state index contributed by atoms with van der Waals surface area (Å²) in [6, 6.07) is 1.90. The first-order valence-corrected chi connectivity index (χ1v) is 9.27. The minimum absolute atomic E-state index is 0.0134. The van der Waals surface area contributed by atoms with Crippen LogP contribution in [-0.2, 0) is 16.0 Å². The SMILES string of the molecule is CCCC(NC(=O)Cc1cc(F)cc(F)c1)C(=O)Nc1nc(C)c(C(=O)O)s1. The molecule has 0 aliphatic rings. The number of carbonyl (C=O) groups is 3. The largest absolute Gasteiger partial charge is 0.477 e. The van der Waals surface area contributed by atoms with Crippen LogP contribution in [0.3, 0.4) is 0 Å². The molecule has 7 nitrogen and oxygen atoms in total. The molecular weight excluding hydrogens is 392 g/mol. The van der Waals surface area contributed by atoms with Crippen molar-refractivity contribution in [1.82, 2.24) is 10.3 Å². The van der Waals surface area contributed by atoms with E-state index >= 15 is 0 Å². The number of carbonyl (C=O) groups excluding carboxylic acids is 2. The van der Waals surface area contributed by atoms with Gasteiger partial charge in [-0.2, -0.15) is 0 Å². The molecule has 0 spiro atoms. The summed E-state index contributed by atoms with van der Waals surface area (Å²) in [7, 11) is 0. The lowest BCUT2D eigenvalue weighted by Crippen LogP contribution is -2.44. The first-order chi connectivity index (χ1) is 13.2. The van der Waals surface area contributed by atoms with Crippen LogP contribution in [0.4, 0.5) is 13.9 Å². The van der Waals surface area contributed by atoms with E-state index < -0.39 is 35.5 Å². The number of hydrogen-bond acceptors (Lipinski definition) is 5. The van der Waals surface area contributed by atoms with E-state index in [2.05, 4.69) is 15.6 Å². The van der Waals surface area contributed by atoms with Gasteiger partial charge in [-0.05, 0) is 31.0 Å². The second-order valence-electron chi connectivity index (χ2n) is 6.09. The van der Waals surface area contributed by atoms with Gasteiger partial charge in [-0.15, -0.1) is 0 Å². The van der Waals surface area contributed by atoms with Crippen molar-refractivity contribution < 1.29 is 28.3 Å². The Morgan fingerprint density at radius 2 is 1.86 bits per heavy atom. The summed E-state index contributed by atoms with van der Waals surface area (Å²) in [4.78, 5) is 39.7. The van der Waals surface area contributed by atoms with E-state index in [0.717, 1.165) is 23.5 Å². The Morgan fingerprint density at radius 3 is 2.39 bits per heavy atom. The second kappa shape index (κ2) is 9.36. The molecule has 0 saturated carbocycles. The number of hydrogen-bond donors (Lipinski definition) is 3. The van der Waals surface area contributed by atoms with Crippen molar-refractivity contribution in [3.8, 4) is 0 Å². The number of nitrogens with one attached hydrogen (secondary N) is 2. The van der Waals surface area contributed by atoms with Crippen LogP contribution in [0.25, 0.3) is 0 Å². The highest BCUT2D eigenvalue weighted by Gasteiger charge is 2.23. The number of amides is 2. The summed E-state index contributed by atoms with van der Waals surface area (Å²) >= 11 is 0.817. The third kappa shape index (κ3) is 5.81. The summed E-state index contributed by atoms with van der Waals surface area (Å²) in [6.07, 6.45) is 0.622. The first kappa shape index (κ1) is 21.4. The fraction of sp³-hybridized carbons (Fsp3) is 0.333. The molecule has 0 bridgehead atoms. The number of nitrogens with zero attached hydrogens (tertiary/aromatic N) is 1. The number of thiazole rings is 1. The van der Waals surface area contributed by atoms with Crippen molar-refractivity contribution >= 4 is 34.3 Å². The van der Waals surface area contributed by atoms with Crippen LogP contribution in [0.1, 0.15) is 40.7 Å². The first-order valence-electron chi connectivity index (χ1n) is 8.45. The van der Waals surface area contributed by atoms with Crippen LogP contribution < -0.4 is 10.6 Å². The van der Waals surface area contributed by atoms with Crippen LogP contribution in [0.5, 0.6) is 0 Å². The fourth-order valence-corrected chi connectivity index (χ4v) is 3.35. The lowest BCUT2D eigenvalue weighted by molar-refractivity contribution is -0.126. The van der Waals surface area contributed by atoms with Crippen LogP contribution in [0, 0.1) is 18.6 Å². The second-order valence-corrected chi connectivity index (χ2v) is 7.09. The highest BCUT2D eigenvalue weighted by molar-refractivity contribution is 7.17. The number of aryl methyl sites for hydroxylation is 1. The van der Waals surface area contributed by atoms with Crippen LogP contribution >= 0.6 is 11.3 Å². The summed E-state index contributed by atoms with van der Waals surface area (Å²) in [5, 5.41) is 14.2. The standard InChI is InChI=1S/C18H19F2N3O4S/c1-3-4-13(16(25)23-18-21-9(2)15(28-18)17(26)27)22-14(24)7-10-5-11(19)8-12(20)6-10/h5-6,8,13H,3-4,7H2,1-2H3,(H,22,24)(H,26,27)(H,21,23,25). The van der Waals surface area contributed by atoms with Crippen molar-refractivity contribution in [2.24, 2.45) is 0 Å². The van der Waals surface area contributed by atoms with E-state index in [0.29, 0.717) is 18.9 Å².